The maximum absolute atomic E-state index is 14.8. The van der Waals surface area contributed by atoms with Crippen LogP contribution in [0.5, 0.6) is 5.75 Å². The Hall–Kier alpha value is -3.70. The zero-order valence-electron chi connectivity index (χ0n) is 20.9. The van der Waals surface area contributed by atoms with Crippen LogP contribution in [0.15, 0.2) is 89.7 Å². The minimum atomic E-state index is -0.392. The summed E-state index contributed by atoms with van der Waals surface area (Å²) in [6, 6.07) is 20.9. The van der Waals surface area contributed by atoms with Crippen molar-refractivity contribution in [2.45, 2.75) is 26.2 Å². The molecule has 0 spiro atoms. The SMILES string of the molecule is Cc1c(F)cccc1C1=C(C(=O)c2cccc(O)c2)C(Cc2ccccc2)[CH]C(C2CCCNC2)=C1O. The number of allylic oxidation sites excluding steroid dienone is 2. The Morgan fingerprint density at radius 1 is 1.03 bits per heavy atom. The van der Waals surface area contributed by atoms with Crippen LogP contribution in [0.3, 0.4) is 0 Å². The molecule has 5 rings (SSSR count). The van der Waals surface area contributed by atoms with Crippen molar-refractivity contribution >= 4 is 11.4 Å². The summed E-state index contributed by atoms with van der Waals surface area (Å²) < 4.78 is 14.8. The zero-order chi connectivity index (χ0) is 25.9. The number of phenolic OH excluding ortho intramolecular Hbond substituents is 1. The third kappa shape index (κ3) is 5.09. The van der Waals surface area contributed by atoms with E-state index in [1.54, 1.807) is 31.2 Å². The van der Waals surface area contributed by atoms with Crippen LogP contribution in [0.1, 0.15) is 39.9 Å². The molecule has 0 bridgehead atoms. The molecular weight excluding hydrogens is 465 g/mol. The van der Waals surface area contributed by atoms with Crippen molar-refractivity contribution in [2.24, 2.45) is 11.8 Å². The molecular formula is C32H31FNO3. The highest BCUT2D eigenvalue weighted by atomic mass is 19.1. The molecule has 0 saturated carbocycles. The third-order valence-corrected chi connectivity index (χ3v) is 7.46. The molecule has 189 valence electrons. The van der Waals surface area contributed by atoms with Crippen molar-refractivity contribution in [3.05, 3.63) is 124 Å². The quantitative estimate of drug-likeness (QED) is 0.347. The number of aliphatic hydroxyl groups excluding tert-OH is 1. The molecule has 0 amide bonds. The molecule has 1 aliphatic heterocycles. The Morgan fingerprint density at radius 3 is 2.54 bits per heavy atom. The smallest absolute Gasteiger partial charge is 0.190 e. The molecule has 0 aromatic heterocycles. The fraction of sp³-hybridized carbons (Fsp3) is 0.250. The van der Waals surface area contributed by atoms with E-state index in [9.17, 15) is 19.4 Å². The van der Waals surface area contributed by atoms with Gasteiger partial charge >= 0.3 is 0 Å². The van der Waals surface area contributed by atoms with Crippen LogP contribution in [0.25, 0.3) is 5.57 Å². The summed E-state index contributed by atoms with van der Waals surface area (Å²) in [6.45, 7) is 3.35. The van der Waals surface area contributed by atoms with Gasteiger partial charge in [0.15, 0.2) is 5.78 Å². The number of aliphatic hydroxyl groups is 1. The molecule has 3 N–H and O–H groups in total. The van der Waals surface area contributed by atoms with Crippen LogP contribution in [0.4, 0.5) is 4.39 Å². The number of Topliss-reactive ketones (excluding diaryl/α,β-unsaturated/α-hetero) is 1. The van der Waals surface area contributed by atoms with Gasteiger partial charge in [0.25, 0.3) is 0 Å². The molecule has 4 nitrogen and oxygen atoms in total. The molecule has 2 atom stereocenters. The molecule has 3 aromatic carbocycles. The number of hydrogen-bond donors (Lipinski definition) is 3. The number of carbonyl (C=O) groups excluding carboxylic acids is 1. The number of phenols is 1. The van der Waals surface area contributed by atoms with Crippen LogP contribution in [-0.4, -0.2) is 29.1 Å². The minimum absolute atomic E-state index is 0.0110. The molecule has 1 aliphatic carbocycles. The topological polar surface area (TPSA) is 69.6 Å². The molecule has 37 heavy (non-hydrogen) atoms. The number of halogens is 1. The molecule has 2 unspecified atom stereocenters. The van der Waals surface area contributed by atoms with Gasteiger partial charge in [-0.3, -0.25) is 4.79 Å². The fourth-order valence-electron chi connectivity index (χ4n) is 5.55. The lowest BCUT2D eigenvalue weighted by atomic mass is 9.70. The summed E-state index contributed by atoms with van der Waals surface area (Å²) in [5.74, 6) is -0.912. The second-order valence-electron chi connectivity index (χ2n) is 9.89. The van der Waals surface area contributed by atoms with Gasteiger partial charge in [-0.2, -0.15) is 0 Å². The summed E-state index contributed by atoms with van der Waals surface area (Å²) in [7, 11) is 0. The van der Waals surface area contributed by atoms with Gasteiger partial charge in [0, 0.05) is 23.3 Å². The first-order chi connectivity index (χ1) is 17.9. The predicted octanol–water partition coefficient (Wildman–Crippen LogP) is 6.36. The largest absolute Gasteiger partial charge is 0.508 e. The molecule has 1 fully saturated rings. The maximum atomic E-state index is 14.8. The van der Waals surface area contributed by atoms with Gasteiger partial charge in [-0.15, -0.1) is 0 Å². The summed E-state index contributed by atoms with van der Waals surface area (Å²) >= 11 is 0. The van der Waals surface area contributed by atoms with Crippen LogP contribution < -0.4 is 5.32 Å². The van der Waals surface area contributed by atoms with Gasteiger partial charge in [0.2, 0.25) is 0 Å². The van der Waals surface area contributed by atoms with E-state index in [0.717, 1.165) is 37.1 Å². The maximum Gasteiger partial charge on any atom is 0.190 e. The molecule has 1 radical (unpaired) electrons. The number of nitrogens with one attached hydrogen (secondary N) is 1. The van der Waals surface area contributed by atoms with Gasteiger partial charge in [-0.25, -0.2) is 4.39 Å². The van der Waals surface area contributed by atoms with E-state index >= 15 is 0 Å². The molecule has 1 heterocycles. The Balaban J connectivity index is 1.76. The Morgan fingerprint density at radius 2 is 1.81 bits per heavy atom. The number of benzene rings is 3. The van der Waals surface area contributed by atoms with Crippen molar-refractivity contribution in [1.82, 2.24) is 5.32 Å². The number of carbonyl (C=O) groups is 1. The number of piperidine rings is 1. The molecule has 3 aromatic rings. The Labute approximate surface area is 217 Å². The Bertz CT molecular complexity index is 1370. The first-order valence-corrected chi connectivity index (χ1v) is 12.8. The van der Waals surface area contributed by atoms with Crippen molar-refractivity contribution < 1.29 is 19.4 Å². The highest BCUT2D eigenvalue weighted by Crippen LogP contribution is 2.45. The lowest BCUT2D eigenvalue weighted by Crippen LogP contribution is -2.34. The standard InChI is InChI=1S/C32H31FNO3/c1-20-26(13-6-14-28(20)33)30-29(31(36)22-10-5-12-25(35)17-22)24(16-21-8-3-2-4-9-21)18-27(32(30)37)23-11-7-15-34-19-23/h2-6,8-10,12-14,17-18,23-24,34-35,37H,7,11,15-16,19H2,1H3. The molecule has 1 saturated heterocycles. The van der Waals surface area contributed by atoms with Gasteiger partial charge in [0.05, 0.1) is 0 Å². The van der Waals surface area contributed by atoms with E-state index < -0.39 is 5.82 Å². The van der Waals surface area contributed by atoms with Crippen molar-refractivity contribution in [3.63, 3.8) is 0 Å². The van der Waals surface area contributed by atoms with E-state index in [2.05, 4.69) is 5.32 Å². The first kappa shape index (κ1) is 25.0. The van der Waals surface area contributed by atoms with E-state index in [0.29, 0.717) is 34.3 Å². The summed E-state index contributed by atoms with van der Waals surface area (Å²) in [4.78, 5) is 14.1. The normalized spacial score (nSPS) is 20.3. The zero-order valence-corrected chi connectivity index (χ0v) is 20.9. The van der Waals surface area contributed by atoms with Crippen LogP contribution in [0.2, 0.25) is 0 Å². The average molecular weight is 497 g/mol. The first-order valence-electron chi connectivity index (χ1n) is 12.8. The van der Waals surface area contributed by atoms with Crippen LogP contribution in [0, 0.1) is 31.0 Å². The fourth-order valence-corrected chi connectivity index (χ4v) is 5.55. The number of rotatable bonds is 6. The summed E-state index contributed by atoms with van der Waals surface area (Å²) in [6.07, 6.45) is 4.50. The van der Waals surface area contributed by atoms with E-state index in [4.69, 9.17) is 0 Å². The molecule has 2 aliphatic rings. The van der Waals surface area contributed by atoms with Gasteiger partial charge < -0.3 is 15.5 Å². The van der Waals surface area contributed by atoms with Crippen molar-refractivity contribution in [2.75, 3.05) is 13.1 Å². The van der Waals surface area contributed by atoms with Gasteiger partial charge in [-0.1, -0.05) is 54.6 Å². The summed E-state index contributed by atoms with van der Waals surface area (Å²) in [5.41, 5.74) is 3.87. The van der Waals surface area contributed by atoms with Crippen molar-refractivity contribution in [1.29, 1.82) is 0 Å². The van der Waals surface area contributed by atoms with Crippen molar-refractivity contribution in [3.8, 4) is 5.75 Å². The number of hydrogen-bond acceptors (Lipinski definition) is 4. The monoisotopic (exact) mass is 496 g/mol. The van der Waals surface area contributed by atoms with E-state index in [1.165, 1.54) is 18.2 Å². The predicted molar refractivity (Wildman–Crippen MR) is 144 cm³/mol. The van der Waals surface area contributed by atoms with Gasteiger partial charge in [0.1, 0.15) is 17.3 Å². The highest BCUT2D eigenvalue weighted by molar-refractivity contribution is 6.16. The second kappa shape index (κ2) is 10.7. The van der Waals surface area contributed by atoms with E-state index in [-0.39, 0.29) is 29.1 Å². The van der Waals surface area contributed by atoms with E-state index in [1.807, 2.05) is 36.8 Å². The highest BCUT2D eigenvalue weighted by Gasteiger charge is 2.38. The van der Waals surface area contributed by atoms with Gasteiger partial charge in [-0.05, 0) is 91.5 Å². The van der Waals surface area contributed by atoms with Crippen LogP contribution >= 0.6 is 0 Å². The lowest BCUT2D eigenvalue weighted by molar-refractivity contribution is 0.102. The lowest BCUT2D eigenvalue weighted by Gasteiger charge is -2.35. The number of aromatic hydroxyl groups is 1. The minimum Gasteiger partial charge on any atom is -0.508 e. The second-order valence-corrected chi connectivity index (χ2v) is 9.89. The summed E-state index contributed by atoms with van der Waals surface area (Å²) in [5, 5.41) is 25.3. The molecule has 5 heteroatoms. The average Bonchev–Trinajstić information content (AvgIpc) is 2.92. The third-order valence-electron chi connectivity index (χ3n) is 7.46. The Kier molecular flexibility index (Phi) is 7.24. The van der Waals surface area contributed by atoms with Crippen LogP contribution in [-0.2, 0) is 6.42 Å². The number of ketones is 1.